The molecule has 108 valence electrons. The van der Waals surface area contributed by atoms with Crippen LogP contribution in [0.25, 0.3) is 0 Å². The first-order valence-electron chi connectivity index (χ1n) is 5.93. The summed E-state index contributed by atoms with van der Waals surface area (Å²) < 4.78 is 32.3. The monoisotopic (exact) mass is 303 g/mol. The van der Waals surface area contributed by atoms with Gasteiger partial charge in [-0.2, -0.15) is 5.26 Å². The summed E-state index contributed by atoms with van der Waals surface area (Å²) in [7, 11) is -2.48. The normalized spacial score (nSPS) is 10.7. The van der Waals surface area contributed by atoms with E-state index in [1.807, 2.05) is 6.07 Å². The third-order valence-corrected chi connectivity index (χ3v) is 4.19. The van der Waals surface area contributed by atoms with Gasteiger partial charge in [-0.1, -0.05) is 12.1 Å². The Bertz CT molecular complexity index is 810. The lowest BCUT2D eigenvalue weighted by atomic mass is 10.2. The standard InChI is InChI=1S/C14H13N3O3S/c1-20-13-8-11(16)6-7-12(13)17-21(18,19)14-5-3-2-4-10(14)9-15/h2-8,17H,16H2,1H3. The minimum atomic E-state index is -3.89. The molecule has 2 aromatic carbocycles. The minimum Gasteiger partial charge on any atom is -0.494 e. The Morgan fingerprint density at radius 3 is 2.62 bits per heavy atom. The largest absolute Gasteiger partial charge is 0.494 e. The van der Waals surface area contributed by atoms with Crippen molar-refractivity contribution in [1.82, 2.24) is 0 Å². The van der Waals surface area contributed by atoms with E-state index in [9.17, 15) is 8.42 Å². The number of benzene rings is 2. The first-order chi connectivity index (χ1) is 9.97. The second kappa shape index (κ2) is 5.73. The Balaban J connectivity index is 2.45. The lowest BCUT2D eigenvalue weighted by Gasteiger charge is -2.13. The zero-order valence-corrected chi connectivity index (χ0v) is 12.0. The molecule has 0 fully saturated rings. The van der Waals surface area contributed by atoms with Gasteiger partial charge in [0.2, 0.25) is 0 Å². The van der Waals surface area contributed by atoms with Crippen LogP contribution in [0.2, 0.25) is 0 Å². The van der Waals surface area contributed by atoms with Crippen LogP contribution in [0.15, 0.2) is 47.4 Å². The van der Waals surface area contributed by atoms with Gasteiger partial charge in [-0.3, -0.25) is 4.72 Å². The molecule has 0 saturated carbocycles. The molecule has 0 aliphatic rings. The highest BCUT2D eigenvalue weighted by molar-refractivity contribution is 7.92. The van der Waals surface area contributed by atoms with E-state index < -0.39 is 10.0 Å². The van der Waals surface area contributed by atoms with Crippen LogP contribution in [0.5, 0.6) is 5.75 Å². The number of hydrogen-bond acceptors (Lipinski definition) is 5. The number of ether oxygens (including phenoxy) is 1. The highest BCUT2D eigenvalue weighted by Gasteiger charge is 2.19. The van der Waals surface area contributed by atoms with E-state index in [4.69, 9.17) is 15.7 Å². The molecule has 3 N–H and O–H groups in total. The number of nitrogens with zero attached hydrogens (tertiary/aromatic N) is 1. The van der Waals surface area contributed by atoms with Gasteiger partial charge in [0.1, 0.15) is 16.7 Å². The van der Waals surface area contributed by atoms with Crippen molar-refractivity contribution in [2.24, 2.45) is 0 Å². The van der Waals surface area contributed by atoms with Gasteiger partial charge < -0.3 is 10.5 Å². The molecule has 21 heavy (non-hydrogen) atoms. The predicted octanol–water partition coefficient (Wildman–Crippen LogP) is 1.95. The topological polar surface area (TPSA) is 105 Å². The van der Waals surface area contributed by atoms with E-state index in [2.05, 4.69) is 4.72 Å². The number of anilines is 2. The van der Waals surface area contributed by atoms with E-state index >= 15 is 0 Å². The Morgan fingerprint density at radius 1 is 1.24 bits per heavy atom. The van der Waals surface area contributed by atoms with Crippen molar-refractivity contribution < 1.29 is 13.2 Å². The van der Waals surface area contributed by atoms with Crippen molar-refractivity contribution in [2.45, 2.75) is 4.90 Å². The van der Waals surface area contributed by atoms with Crippen molar-refractivity contribution in [3.63, 3.8) is 0 Å². The number of nitriles is 1. The molecule has 0 amide bonds. The van der Waals surface area contributed by atoms with Gasteiger partial charge in [0.05, 0.1) is 18.4 Å². The molecule has 7 heteroatoms. The first kappa shape index (κ1) is 14.7. The molecule has 2 rings (SSSR count). The Morgan fingerprint density at radius 2 is 1.95 bits per heavy atom. The molecule has 0 aliphatic heterocycles. The van der Waals surface area contributed by atoms with Crippen LogP contribution in [0.3, 0.4) is 0 Å². The molecule has 0 spiro atoms. The zero-order chi connectivity index (χ0) is 15.5. The molecule has 0 bridgehead atoms. The summed E-state index contributed by atoms with van der Waals surface area (Å²) >= 11 is 0. The number of nitrogens with two attached hydrogens (primary N) is 1. The van der Waals surface area contributed by atoms with Gasteiger partial charge in [0, 0.05) is 11.8 Å². The average molecular weight is 303 g/mol. The smallest absolute Gasteiger partial charge is 0.263 e. The molecule has 6 nitrogen and oxygen atoms in total. The molecule has 0 heterocycles. The van der Waals surface area contributed by atoms with Crippen LogP contribution in [0.4, 0.5) is 11.4 Å². The lowest BCUT2D eigenvalue weighted by molar-refractivity contribution is 0.417. The van der Waals surface area contributed by atoms with E-state index in [1.165, 1.54) is 31.4 Å². The summed E-state index contributed by atoms with van der Waals surface area (Å²) in [6.07, 6.45) is 0. The van der Waals surface area contributed by atoms with Crippen LogP contribution >= 0.6 is 0 Å². The fourth-order valence-corrected chi connectivity index (χ4v) is 3.01. The maximum absolute atomic E-state index is 12.4. The number of methoxy groups -OCH3 is 1. The third kappa shape index (κ3) is 3.07. The van der Waals surface area contributed by atoms with E-state index in [1.54, 1.807) is 18.2 Å². The highest BCUT2D eigenvalue weighted by atomic mass is 32.2. The zero-order valence-electron chi connectivity index (χ0n) is 11.2. The molecule has 0 aliphatic carbocycles. The molecular formula is C14H13N3O3S. The van der Waals surface area contributed by atoms with Crippen LogP contribution in [-0.2, 0) is 10.0 Å². The number of rotatable bonds is 4. The summed E-state index contributed by atoms with van der Waals surface area (Å²) in [5, 5.41) is 9.00. The maximum atomic E-state index is 12.4. The van der Waals surface area contributed by atoms with Crippen molar-refractivity contribution >= 4 is 21.4 Å². The van der Waals surface area contributed by atoms with Crippen LogP contribution < -0.4 is 15.2 Å². The van der Waals surface area contributed by atoms with Gasteiger partial charge in [-0.05, 0) is 24.3 Å². The van der Waals surface area contributed by atoms with Crippen LogP contribution in [0, 0.1) is 11.3 Å². The number of nitrogen functional groups attached to an aromatic ring is 1. The quantitative estimate of drug-likeness (QED) is 0.840. The van der Waals surface area contributed by atoms with E-state index in [0.29, 0.717) is 11.4 Å². The number of nitrogens with one attached hydrogen (secondary N) is 1. The first-order valence-corrected chi connectivity index (χ1v) is 7.41. The third-order valence-electron chi connectivity index (χ3n) is 2.77. The van der Waals surface area contributed by atoms with Gasteiger partial charge in [-0.25, -0.2) is 8.42 Å². The van der Waals surface area contributed by atoms with Crippen molar-refractivity contribution in [3.8, 4) is 11.8 Å². The van der Waals surface area contributed by atoms with E-state index in [0.717, 1.165) is 0 Å². The van der Waals surface area contributed by atoms with Crippen molar-refractivity contribution in [3.05, 3.63) is 48.0 Å². The fourth-order valence-electron chi connectivity index (χ4n) is 1.79. The molecule has 0 atom stereocenters. The van der Waals surface area contributed by atoms with Crippen molar-refractivity contribution in [1.29, 1.82) is 5.26 Å². The molecule has 0 saturated heterocycles. The number of sulfonamides is 1. The highest BCUT2D eigenvalue weighted by Crippen LogP contribution is 2.29. The molecular weight excluding hydrogens is 290 g/mol. The van der Waals surface area contributed by atoms with Gasteiger partial charge in [-0.15, -0.1) is 0 Å². The second-order valence-electron chi connectivity index (χ2n) is 4.17. The van der Waals surface area contributed by atoms with Crippen LogP contribution in [-0.4, -0.2) is 15.5 Å². The van der Waals surface area contributed by atoms with Crippen molar-refractivity contribution in [2.75, 3.05) is 17.6 Å². The predicted molar refractivity (Wildman–Crippen MR) is 79.4 cm³/mol. The Hall–Kier alpha value is -2.72. The summed E-state index contributed by atoms with van der Waals surface area (Å²) in [6.45, 7) is 0. The maximum Gasteiger partial charge on any atom is 0.263 e. The SMILES string of the molecule is COc1cc(N)ccc1NS(=O)(=O)c1ccccc1C#N. The molecule has 0 unspecified atom stereocenters. The Labute approximate surface area is 122 Å². The molecule has 0 aromatic heterocycles. The summed E-state index contributed by atoms with van der Waals surface area (Å²) in [6, 6.07) is 12.4. The molecule has 0 radical (unpaired) electrons. The number of hydrogen-bond donors (Lipinski definition) is 2. The molecule has 2 aromatic rings. The summed E-state index contributed by atoms with van der Waals surface area (Å²) in [5.41, 5.74) is 6.39. The van der Waals surface area contributed by atoms with Gasteiger partial charge >= 0.3 is 0 Å². The lowest BCUT2D eigenvalue weighted by Crippen LogP contribution is -2.15. The second-order valence-corrected chi connectivity index (χ2v) is 5.82. The average Bonchev–Trinajstić information content (AvgIpc) is 2.48. The fraction of sp³-hybridized carbons (Fsp3) is 0.0714. The van der Waals surface area contributed by atoms with Crippen LogP contribution in [0.1, 0.15) is 5.56 Å². The summed E-state index contributed by atoms with van der Waals surface area (Å²) in [5.74, 6) is 0.299. The van der Waals surface area contributed by atoms with E-state index in [-0.39, 0.29) is 16.1 Å². The van der Waals surface area contributed by atoms with Gasteiger partial charge in [0.15, 0.2) is 0 Å². The summed E-state index contributed by atoms with van der Waals surface area (Å²) in [4.78, 5) is -0.0913. The van der Waals surface area contributed by atoms with Gasteiger partial charge in [0.25, 0.3) is 10.0 Å². The Kier molecular flexibility index (Phi) is 4.00. The minimum absolute atomic E-state index is 0.0689.